The van der Waals surface area contributed by atoms with Crippen molar-refractivity contribution in [1.29, 1.82) is 0 Å². The average Bonchev–Trinajstić information content (AvgIpc) is 3.46. The Kier molecular flexibility index (Phi) is 62.4. The van der Waals surface area contributed by atoms with Crippen LogP contribution in [0.3, 0.4) is 0 Å². The molecule has 0 bridgehead atoms. The van der Waals surface area contributed by atoms with Gasteiger partial charge in [0.1, 0.15) is 13.2 Å². The summed E-state index contributed by atoms with van der Waals surface area (Å²) in [4.78, 5) is 38.4. The van der Waals surface area contributed by atoms with Gasteiger partial charge in [0.25, 0.3) is 0 Å². The van der Waals surface area contributed by atoms with Gasteiger partial charge in [0.15, 0.2) is 6.10 Å². The maximum absolute atomic E-state index is 12.9. The van der Waals surface area contributed by atoms with Gasteiger partial charge in [-0.15, -0.1) is 0 Å². The molecule has 0 spiro atoms. The van der Waals surface area contributed by atoms with Gasteiger partial charge in [0.05, 0.1) is 0 Å². The first-order chi connectivity index (χ1) is 39.5. The van der Waals surface area contributed by atoms with Crippen molar-refractivity contribution in [2.24, 2.45) is 0 Å². The Balaban J connectivity index is 4.56. The van der Waals surface area contributed by atoms with E-state index in [9.17, 15) is 14.4 Å². The second kappa shape index (κ2) is 66.5. The number of hydrogen-bond acceptors (Lipinski definition) is 6. The molecule has 0 saturated carbocycles. The van der Waals surface area contributed by atoms with E-state index in [1.165, 1.54) is 83.5 Å². The quantitative estimate of drug-likeness (QED) is 0.0261. The summed E-state index contributed by atoms with van der Waals surface area (Å²) >= 11 is 0. The molecule has 0 aromatic heterocycles. The number of carbonyl (C=O) groups excluding carboxylic acids is 3. The molecule has 0 rings (SSSR count). The van der Waals surface area contributed by atoms with E-state index in [2.05, 4.69) is 179 Å². The van der Waals surface area contributed by atoms with Gasteiger partial charge in [0.2, 0.25) is 0 Å². The summed E-state index contributed by atoms with van der Waals surface area (Å²) < 4.78 is 16.9. The number of esters is 3. The van der Waals surface area contributed by atoms with Crippen molar-refractivity contribution in [3.63, 3.8) is 0 Å². The highest BCUT2D eigenvalue weighted by Crippen LogP contribution is 2.14. The van der Waals surface area contributed by atoms with Crippen LogP contribution < -0.4 is 0 Å². The number of allylic oxidation sites excluding steroid dienone is 26. The highest BCUT2D eigenvalue weighted by Gasteiger charge is 2.19. The summed E-state index contributed by atoms with van der Waals surface area (Å²) in [5.74, 6) is -0.988. The Bertz CT molecular complexity index is 1790. The van der Waals surface area contributed by atoms with E-state index >= 15 is 0 Å². The van der Waals surface area contributed by atoms with Crippen LogP contribution in [0.15, 0.2) is 158 Å². The maximum atomic E-state index is 12.9. The molecule has 0 heterocycles. The predicted molar refractivity (Wildman–Crippen MR) is 348 cm³/mol. The molecule has 1 atom stereocenters. The lowest BCUT2D eigenvalue weighted by Crippen LogP contribution is -2.30. The zero-order valence-electron chi connectivity index (χ0n) is 51.5. The van der Waals surface area contributed by atoms with Crippen LogP contribution in [0.1, 0.15) is 271 Å². The van der Waals surface area contributed by atoms with Gasteiger partial charge in [-0.25, -0.2) is 0 Å². The molecule has 0 fully saturated rings. The predicted octanol–water partition coefficient (Wildman–Crippen LogP) is 22.5. The third-order valence-corrected chi connectivity index (χ3v) is 13.2. The fraction of sp³-hybridized carbons (Fsp3) is 0.608. The van der Waals surface area contributed by atoms with Crippen molar-refractivity contribution < 1.29 is 28.6 Å². The molecule has 450 valence electrons. The molecule has 0 saturated heterocycles. The molecule has 0 radical (unpaired) electrons. The number of carbonyl (C=O) groups is 3. The summed E-state index contributed by atoms with van der Waals surface area (Å²) in [6.07, 6.45) is 96.7. The Hall–Kier alpha value is -4.97. The van der Waals surface area contributed by atoms with Crippen molar-refractivity contribution in [1.82, 2.24) is 0 Å². The molecule has 0 aliphatic rings. The number of unbranched alkanes of at least 4 members (excludes halogenated alkanes) is 20. The molecule has 80 heavy (non-hydrogen) atoms. The second-order valence-corrected chi connectivity index (χ2v) is 20.9. The first kappa shape index (κ1) is 75.0. The lowest BCUT2D eigenvalue weighted by Gasteiger charge is -2.18. The normalized spacial score (nSPS) is 13.2. The molecule has 1 unspecified atom stereocenters. The zero-order valence-corrected chi connectivity index (χ0v) is 51.5. The van der Waals surface area contributed by atoms with E-state index in [4.69, 9.17) is 14.2 Å². The van der Waals surface area contributed by atoms with Gasteiger partial charge in [-0.3, -0.25) is 14.4 Å². The maximum Gasteiger partial charge on any atom is 0.306 e. The molecule has 0 aliphatic carbocycles. The van der Waals surface area contributed by atoms with Crippen LogP contribution in [0.5, 0.6) is 0 Å². The minimum atomic E-state index is -0.824. The molecule has 0 aliphatic heterocycles. The fourth-order valence-corrected chi connectivity index (χ4v) is 8.44. The van der Waals surface area contributed by atoms with E-state index in [0.717, 1.165) is 141 Å². The Morgan fingerprint density at radius 3 is 0.800 bits per heavy atom. The highest BCUT2D eigenvalue weighted by atomic mass is 16.6. The summed E-state index contributed by atoms with van der Waals surface area (Å²) in [5.41, 5.74) is 0. The SMILES string of the molecule is CC/C=C\C/C=C\C/C=C\C/C=C\C/C=C\C/C=C\CCCCCCC(=O)OCC(COC(=O)CCCCCCCCC/C=C\CCCCCCCCC)OC(=O)CCCC/C=C\C/C=C\C/C=C\C/C=C\C/C=C\C/C=C\CC. The van der Waals surface area contributed by atoms with Gasteiger partial charge < -0.3 is 14.2 Å². The topological polar surface area (TPSA) is 78.9 Å². The molecule has 0 aromatic carbocycles. The minimum absolute atomic E-state index is 0.113. The van der Waals surface area contributed by atoms with Crippen LogP contribution in [0, 0.1) is 0 Å². The zero-order chi connectivity index (χ0) is 57.8. The Morgan fingerprint density at radius 2 is 0.487 bits per heavy atom. The van der Waals surface area contributed by atoms with E-state index in [0.29, 0.717) is 19.3 Å². The van der Waals surface area contributed by atoms with Crippen molar-refractivity contribution in [2.75, 3.05) is 13.2 Å². The fourth-order valence-electron chi connectivity index (χ4n) is 8.44. The van der Waals surface area contributed by atoms with E-state index in [-0.39, 0.29) is 37.5 Å². The molecule has 6 heteroatoms. The molecular weight excluding hydrogens is 985 g/mol. The van der Waals surface area contributed by atoms with Crippen molar-refractivity contribution in [2.45, 2.75) is 277 Å². The van der Waals surface area contributed by atoms with Crippen molar-refractivity contribution in [3.8, 4) is 0 Å². The molecule has 0 amide bonds. The lowest BCUT2D eigenvalue weighted by molar-refractivity contribution is -0.167. The molecular formula is C74H118O6. The van der Waals surface area contributed by atoms with Crippen LogP contribution >= 0.6 is 0 Å². The van der Waals surface area contributed by atoms with Gasteiger partial charge in [0, 0.05) is 19.3 Å². The summed E-state index contributed by atoms with van der Waals surface area (Å²) in [7, 11) is 0. The standard InChI is InChI=1S/C74H118O6/c1-4-7-10-13-16-19-22-25-28-31-34-36-37-39-40-43-46-49-52-55-58-61-64-67-73(76)79-70-71(69-78-72(75)66-63-60-57-54-51-48-45-42-33-30-27-24-21-18-15-12-9-6-3)80-74(77)68-65-62-59-56-53-50-47-44-41-38-35-32-29-26-23-20-17-14-11-8-5-2/h7-8,10-11,16-17,19-20,25-26,28-30,33-36,38-40,44,46-47,49,53,56,71H,4-6,9,12-15,18,21-24,27,31-32,37,41-43,45,48,50-52,54-55,57-70H2,1-3H3/b10-7-,11-8-,19-16-,20-17-,28-25-,29-26-,33-30-,36-34-,38-35-,40-39-,47-44-,49-46-,56-53-. The largest absolute Gasteiger partial charge is 0.462 e. The summed E-state index contributed by atoms with van der Waals surface area (Å²) in [6, 6.07) is 0. The van der Waals surface area contributed by atoms with Gasteiger partial charge in [-0.2, -0.15) is 0 Å². The van der Waals surface area contributed by atoms with Gasteiger partial charge in [-0.1, -0.05) is 262 Å². The minimum Gasteiger partial charge on any atom is -0.462 e. The monoisotopic (exact) mass is 1100 g/mol. The van der Waals surface area contributed by atoms with Crippen molar-refractivity contribution in [3.05, 3.63) is 158 Å². The van der Waals surface area contributed by atoms with Crippen LogP contribution in [-0.2, 0) is 28.6 Å². The first-order valence-corrected chi connectivity index (χ1v) is 32.5. The summed E-state index contributed by atoms with van der Waals surface area (Å²) in [5, 5.41) is 0. The van der Waals surface area contributed by atoms with Crippen LogP contribution in [0.4, 0.5) is 0 Å². The van der Waals surface area contributed by atoms with Gasteiger partial charge in [-0.05, 0) is 148 Å². The van der Waals surface area contributed by atoms with Crippen LogP contribution in [0.25, 0.3) is 0 Å². The van der Waals surface area contributed by atoms with Gasteiger partial charge >= 0.3 is 17.9 Å². The number of rotatable bonds is 57. The molecule has 0 aromatic rings. The smallest absolute Gasteiger partial charge is 0.306 e. The summed E-state index contributed by atoms with van der Waals surface area (Å²) in [6.45, 7) is 6.35. The number of hydrogen-bond donors (Lipinski definition) is 0. The van der Waals surface area contributed by atoms with Crippen LogP contribution in [0.2, 0.25) is 0 Å². The van der Waals surface area contributed by atoms with E-state index < -0.39 is 6.10 Å². The Morgan fingerprint density at radius 1 is 0.263 bits per heavy atom. The third kappa shape index (κ3) is 63.9. The van der Waals surface area contributed by atoms with E-state index in [1.807, 2.05) is 0 Å². The molecule has 6 nitrogen and oxygen atoms in total. The third-order valence-electron chi connectivity index (χ3n) is 13.2. The average molecular weight is 1100 g/mol. The van der Waals surface area contributed by atoms with Crippen molar-refractivity contribution >= 4 is 17.9 Å². The van der Waals surface area contributed by atoms with E-state index in [1.54, 1.807) is 0 Å². The lowest BCUT2D eigenvalue weighted by atomic mass is 10.1. The second-order valence-electron chi connectivity index (χ2n) is 20.9. The highest BCUT2D eigenvalue weighted by molar-refractivity contribution is 5.71. The first-order valence-electron chi connectivity index (χ1n) is 32.5. The van der Waals surface area contributed by atoms with Crippen LogP contribution in [-0.4, -0.2) is 37.2 Å². The number of ether oxygens (including phenoxy) is 3. The molecule has 0 N–H and O–H groups in total. The Labute approximate surface area is 492 Å².